The van der Waals surface area contributed by atoms with Crippen molar-refractivity contribution in [1.82, 2.24) is 10.6 Å². The van der Waals surface area contributed by atoms with E-state index in [0.29, 0.717) is 18.5 Å². The molecular weight excluding hydrogens is 304 g/mol. The topological polar surface area (TPSA) is 36.4 Å². The first kappa shape index (κ1) is 18.7. The SMILES string of the molecule is CCNC(=NCCCCSC)NCCc1cc(F)cc(F)c1. The van der Waals surface area contributed by atoms with Crippen LogP contribution in [0.4, 0.5) is 8.78 Å². The van der Waals surface area contributed by atoms with Crippen LogP contribution in [0.2, 0.25) is 0 Å². The Bertz CT molecular complexity index is 446. The third kappa shape index (κ3) is 8.22. The summed E-state index contributed by atoms with van der Waals surface area (Å²) in [5, 5.41) is 6.36. The molecule has 6 heteroatoms. The largest absolute Gasteiger partial charge is 0.357 e. The van der Waals surface area contributed by atoms with Crippen LogP contribution in [-0.4, -0.2) is 37.6 Å². The van der Waals surface area contributed by atoms with Gasteiger partial charge >= 0.3 is 0 Å². The molecule has 124 valence electrons. The highest BCUT2D eigenvalue weighted by atomic mass is 32.2. The highest BCUT2D eigenvalue weighted by Gasteiger charge is 2.02. The quantitative estimate of drug-likeness (QED) is 0.415. The third-order valence-corrected chi connectivity index (χ3v) is 3.70. The first-order valence-electron chi connectivity index (χ1n) is 7.61. The van der Waals surface area contributed by atoms with Gasteiger partial charge in [-0.1, -0.05) is 0 Å². The molecule has 0 aromatic heterocycles. The Morgan fingerprint density at radius 1 is 1.14 bits per heavy atom. The lowest BCUT2D eigenvalue weighted by Crippen LogP contribution is -2.38. The van der Waals surface area contributed by atoms with Crippen molar-refractivity contribution in [2.75, 3.05) is 31.6 Å². The molecule has 0 atom stereocenters. The van der Waals surface area contributed by atoms with Crippen LogP contribution in [0.3, 0.4) is 0 Å². The van der Waals surface area contributed by atoms with Gasteiger partial charge in [-0.3, -0.25) is 4.99 Å². The molecule has 1 aromatic carbocycles. The zero-order valence-electron chi connectivity index (χ0n) is 13.3. The van der Waals surface area contributed by atoms with Gasteiger partial charge in [-0.05, 0) is 55.9 Å². The number of nitrogens with one attached hydrogen (secondary N) is 2. The minimum Gasteiger partial charge on any atom is -0.357 e. The second kappa shape index (κ2) is 11.3. The van der Waals surface area contributed by atoms with Crippen LogP contribution in [0, 0.1) is 11.6 Å². The lowest BCUT2D eigenvalue weighted by molar-refractivity contribution is 0.579. The Hall–Kier alpha value is -1.30. The molecule has 0 aliphatic rings. The van der Waals surface area contributed by atoms with Crippen LogP contribution >= 0.6 is 11.8 Å². The van der Waals surface area contributed by atoms with Gasteiger partial charge in [0.2, 0.25) is 0 Å². The minimum absolute atomic E-state index is 0.538. The second-order valence-electron chi connectivity index (χ2n) is 4.92. The van der Waals surface area contributed by atoms with Crippen molar-refractivity contribution < 1.29 is 8.78 Å². The first-order valence-corrected chi connectivity index (χ1v) is 9.01. The highest BCUT2D eigenvalue weighted by Crippen LogP contribution is 2.08. The summed E-state index contributed by atoms with van der Waals surface area (Å²) in [4.78, 5) is 4.49. The maximum Gasteiger partial charge on any atom is 0.191 e. The fourth-order valence-corrected chi connectivity index (χ4v) is 2.46. The number of aliphatic imine (C=N–C) groups is 1. The molecule has 0 saturated heterocycles. The van der Waals surface area contributed by atoms with E-state index in [9.17, 15) is 8.78 Å². The molecule has 0 amide bonds. The lowest BCUT2D eigenvalue weighted by atomic mass is 10.1. The van der Waals surface area contributed by atoms with Crippen molar-refractivity contribution in [3.05, 3.63) is 35.4 Å². The summed E-state index contributed by atoms with van der Waals surface area (Å²) in [5.41, 5.74) is 0.640. The number of guanidine groups is 1. The van der Waals surface area contributed by atoms with E-state index in [1.807, 2.05) is 18.7 Å². The number of halogens is 2. The molecule has 22 heavy (non-hydrogen) atoms. The molecule has 0 spiro atoms. The van der Waals surface area contributed by atoms with Crippen molar-refractivity contribution in [3.63, 3.8) is 0 Å². The van der Waals surface area contributed by atoms with E-state index in [0.717, 1.165) is 43.7 Å². The maximum atomic E-state index is 13.1. The Morgan fingerprint density at radius 2 is 1.86 bits per heavy atom. The van der Waals surface area contributed by atoms with E-state index in [2.05, 4.69) is 21.9 Å². The average Bonchev–Trinajstić information content (AvgIpc) is 2.46. The molecule has 1 rings (SSSR count). The Morgan fingerprint density at radius 3 is 2.50 bits per heavy atom. The molecule has 0 unspecified atom stereocenters. The number of hydrogen-bond donors (Lipinski definition) is 2. The van der Waals surface area contributed by atoms with E-state index in [1.165, 1.54) is 12.1 Å². The van der Waals surface area contributed by atoms with Crippen molar-refractivity contribution in [2.45, 2.75) is 26.2 Å². The van der Waals surface area contributed by atoms with E-state index < -0.39 is 11.6 Å². The van der Waals surface area contributed by atoms with Crippen LogP contribution in [-0.2, 0) is 6.42 Å². The predicted molar refractivity (Wildman–Crippen MR) is 91.7 cm³/mol. The number of benzene rings is 1. The third-order valence-electron chi connectivity index (χ3n) is 3.00. The summed E-state index contributed by atoms with van der Waals surface area (Å²) in [6.45, 7) is 4.15. The van der Waals surface area contributed by atoms with Crippen molar-refractivity contribution in [2.24, 2.45) is 4.99 Å². The van der Waals surface area contributed by atoms with E-state index >= 15 is 0 Å². The van der Waals surface area contributed by atoms with E-state index in [-0.39, 0.29) is 0 Å². The summed E-state index contributed by atoms with van der Waals surface area (Å²) >= 11 is 1.84. The van der Waals surface area contributed by atoms with Crippen molar-refractivity contribution >= 4 is 17.7 Å². The van der Waals surface area contributed by atoms with Gasteiger partial charge in [-0.25, -0.2) is 8.78 Å². The summed E-state index contributed by atoms with van der Waals surface area (Å²) in [7, 11) is 0. The molecular formula is C16H25F2N3S. The molecule has 0 radical (unpaired) electrons. The van der Waals surface area contributed by atoms with Gasteiger partial charge in [0, 0.05) is 25.7 Å². The van der Waals surface area contributed by atoms with Gasteiger partial charge in [0.1, 0.15) is 11.6 Å². The summed E-state index contributed by atoms with van der Waals surface area (Å²) in [5.74, 6) is 0.835. The molecule has 2 N–H and O–H groups in total. The fraction of sp³-hybridized carbons (Fsp3) is 0.562. The summed E-state index contributed by atoms with van der Waals surface area (Å²) < 4.78 is 26.2. The van der Waals surface area contributed by atoms with Crippen LogP contribution < -0.4 is 10.6 Å². The molecule has 1 aromatic rings. The monoisotopic (exact) mass is 329 g/mol. The number of thioether (sulfide) groups is 1. The molecule has 0 bridgehead atoms. The van der Waals surface area contributed by atoms with E-state index in [4.69, 9.17) is 0 Å². The Kier molecular flexibility index (Phi) is 9.62. The lowest BCUT2D eigenvalue weighted by Gasteiger charge is -2.11. The highest BCUT2D eigenvalue weighted by molar-refractivity contribution is 7.98. The summed E-state index contributed by atoms with van der Waals surface area (Å²) in [6.07, 6.45) is 4.87. The zero-order valence-corrected chi connectivity index (χ0v) is 14.1. The molecule has 0 heterocycles. The molecule has 0 saturated carbocycles. The Labute approximate surface area is 136 Å². The minimum atomic E-state index is -0.538. The number of unbranched alkanes of at least 4 members (excludes halogenated alkanes) is 1. The van der Waals surface area contributed by atoms with Crippen LogP contribution in [0.1, 0.15) is 25.3 Å². The maximum absolute atomic E-state index is 13.1. The molecule has 0 aliphatic carbocycles. The second-order valence-corrected chi connectivity index (χ2v) is 5.90. The van der Waals surface area contributed by atoms with E-state index in [1.54, 1.807) is 0 Å². The zero-order chi connectivity index (χ0) is 16.2. The molecule has 3 nitrogen and oxygen atoms in total. The fourth-order valence-electron chi connectivity index (χ4n) is 1.97. The first-order chi connectivity index (χ1) is 10.7. The van der Waals surface area contributed by atoms with Gasteiger partial charge < -0.3 is 10.6 Å². The van der Waals surface area contributed by atoms with Gasteiger partial charge in [0.05, 0.1) is 0 Å². The molecule has 0 fully saturated rings. The number of nitrogens with zero attached hydrogens (tertiary/aromatic N) is 1. The van der Waals surface area contributed by atoms with Gasteiger partial charge in [-0.2, -0.15) is 11.8 Å². The van der Waals surface area contributed by atoms with Crippen molar-refractivity contribution in [1.29, 1.82) is 0 Å². The predicted octanol–water partition coefficient (Wildman–Crippen LogP) is 3.21. The van der Waals surface area contributed by atoms with Crippen LogP contribution in [0.15, 0.2) is 23.2 Å². The normalized spacial score (nSPS) is 11.5. The van der Waals surface area contributed by atoms with Gasteiger partial charge in [0.25, 0.3) is 0 Å². The van der Waals surface area contributed by atoms with Gasteiger partial charge in [-0.15, -0.1) is 0 Å². The average molecular weight is 329 g/mol. The molecule has 0 aliphatic heterocycles. The van der Waals surface area contributed by atoms with Crippen LogP contribution in [0.25, 0.3) is 0 Å². The smallest absolute Gasteiger partial charge is 0.191 e. The standard InChI is InChI=1S/C16H25F2N3S/c1-3-19-16(20-7-4-5-9-22-2)21-8-6-13-10-14(17)12-15(18)11-13/h10-12H,3-9H2,1-2H3,(H2,19,20,21). The van der Waals surface area contributed by atoms with Crippen LogP contribution in [0.5, 0.6) is 0 Å². The van der Waals surface area contributed by atoms with Gasteiger partial charge in [0.15, 0.2) is 5.96 Å². The summed E-state index contributed by atoms with van der Waals surface area (Å²) in [6, 6.07) is 3.60. The Balaban J connectivity index is 2.38. The van der Waals surface area contributed by atoms with Crippen molar-refractivity contribution in [3.8, 4) is 0 Å². The number of hydrogen-bond acceptors (Lipinski definition) is 2. The number of rotatable bonds is 9.